The quantitative estimate of drug-likeness (QED) is 0.779. The Morgan fingerprint density at radius 3 is 2.78 bits per heavy atom. The second-order valence-electron chi connectivity index (χ2n) is 4.96. The number of pyridine rings is 1. The average molecular weight is 313 g/mol. The number of imidazole rings is 1. The molecule has 0 saturated heterocycles. The molecule has 0 aliphatic heterocycles. The number of amides is 1. The zero-order chi connectivity index (χ0) is 16.6. The third-order valence-electron chi connectivity index (χ3n) is 3.34. The molecular formula is C16H12FN3O3. The fraction of sp³-hybridized carbons (Fsp3) is 0.0625. The van der Waals surface area contributed by atoms with Crippen LogP contribution in [0.15, 0.2) is 42.6 Å². The van der Waals surface area contributed by atoms with E-state index in [0.717, 1.165) is 0 Å². The fourth-order valence-corrected chi connectivity index (χ4v) is 2.33. The predicted molar refractivity (Wildman–Crippen MR) is 81.2 cm³/mol. The summed E-state index contributed by atoms with van der Waals surface area (Å²) in [6.45, 7) is 1.65. The molecule has 1 aromatic carbocycles. The number of hydrogen-bond donors (Lipinski definition) is 2. The van der Waals surface area contributed by atoms with Crippen LogP contribution in [0, 0.1) is 12.7 Å². The highest BCUT2D eigenvalue weighted by molar-refractivity contribution is 6.05. The van der Waals surface area contributed by atoms with Crippen LogP contribution in [-0.2, 0) is 0 Å². The molecule has 1 amide bonds. The van der Waals surface area contributed by atoms with Crippen LogP contribution < -0.4 is 5.32 Å². The summed E-state index contributed by atoms with van der Waals surface area (Å²) in [5.41, 5.74) is 1.49. The third kappa shape index (κ3) is 2.76. The van der Waals surface area contributed by atoms with Crippen molar-refractivity contribution >= 4 is 23.2 Å². The van der Waals surface area contributed by atoms with E-state index in [9.17, 15) is 14.0 Å². The summed E-state index contributed by atoms with van der Waals surface area (Å²) in [6.07, 6.45) is 1.18. The Bertz CT molecular complexity index is 933. The predicted octanol–water partition coefficient (Wildman–Crippen LogP) is 2.73. The molecule has 0 aliphatic rings. The van der Waals surface area contributed by atoms with Gasteiger partial charge in [-0.3, -0.25) is 9.20 Å². The summed E-state index contributed by atoms with van der Waals surface area (Å²) in [7, 11) is 0. The molecule has 0 bridgehead atoms. The Balaban J connectivity index is 1.98. The van der Waals surface area contributed by atoms with Crippen molar-refractivity contribution in [1.29, 1.82) is 0 Å². The normalized spacial score (nSPS) is 10.7. The smallest absolute Gasteiger partial charge is 0.335 e. The van der Waals surface area contributed by atoms with E-state index < -0.39 is 17.7 Å². The van der Waals surface area contributed by atoms with E-state index >= 15 is 0 Å². The van der Waals surface area contributed by atoms with Gasteiger partial charge in [0.15, 0.2) is 0 Å². The molecule has 0 spiro atoms. The van der Waals surface area contributed by atoms with Gasteiger partial charge in [0.25, 0.3) is 5.91 Å². The van der Waals surface area contributed by atoms with Gasteiger partial charge in [0, 0.05) is 11.9 Å². The molecule has 0 unspecified atom stereocenters. The molecule has 3 aromatic rings. The van der Waals surface area contributed by atoms with Gasteiger partial charge in [-0.15, -0.1) is 0 Å². The van der Waals surface area contributed by atoms with Gasteiger partial charge in [-0.05, 0) is 37.3 Å². The first-order valence-corrected chi connectivity index (χ1v) is 6.74. The van der Waals surface area contributed by atoms with Crippen molar-refractivity contribution in [2.24, 2.45) is 0 Å². The topological polar surface area (TPSA) is 83.7 Å². The number of carboxylic acid groups (broad SMARTS) is 1. The summed E-state index contributed by atoms with van der Waals surface area (Å²) >= 11 is 0. The van der Waals surface area contributed by atoms with Crippen LogP contribution in [0.4, 0.5) is 10.1 Å². The molecule has 2 aromatic heterocycles. The van der Waals surface area contributed by atoms with Crippen molar-refractivity contribution in [1.82, 2.24) is 9.38 Å². The van der Waals surface area contributed by atoms with Gasteiger partial charge in [-0.25, -0.2) is 14.2 Å². The van der Waals surface area contributed by atoms with Crippen LogP contribution in [0.5, 0.6) is 0 Å². The molecule has 0 fully saturated rings. The number of aromatic nitrogens is 2. The first-order valence-electron chi connectivity index (χ1n) is 6.74. The zero-order valence-electron chi connectivity index (χ0n) is 12.1. The van der Waals surface area contributed by atoms with Gasteiger partial charge in [0.2, 0.25) is 0 Å². The maximum Gasteiger partial charge on any atom is 0.335 e. The molecule has 0 radical (unpaired) electrons. The Morgan fingerprint density at radius 2 is 2.04 bits per heavy atom. The van der Waals surface area contributed by atoms with Gasteiger partial charge >= 0.3 is 5.97 Å². The molecule has 116 valence electrons. The van der Waals surface area contributed by atoms with E-state index in [1.807, 2.05) is 0 Å². The Kier molecular flexibility index (Phi) is 3.53. The second-order valence-corrected chi connectivity index (χ2v) is 4.96. The molecule has 2 heterocycles. The van der Waals surface area contributed by atoms with Crippen LogP contribution in [0.3, 0.4) is 0 Å². The van der Waals surface area contributed by atoms with Crippen molar-refractivity contribution in [3.05, 3.63) is 65.4 Å². The van der Waals surface area contributed by atoms with Crippen molar-refractivity contribution in [3.8, 4) is 0 Å². The number of halogens is 1. The maximum atomic E-state index is 13.4. The highest BCUT2D eigenvalue weighted by Gasteiger charge is 2.17. The lowest BCUT2D eigenvalue weighted by Gasteiger charge is -2.07. The van der Waals surface area contributed by atoms with Crippen LogP contribution >= 0.6 is 0 Å². The lowest BCUT2D eigenvalue weighted by molar-refractivity contribution is 0.0696. The number of anilines is 1. The number of carboxylic acids is 1. The minimum Gasteiger partial charge on any atom is -0.478 e. The minimum atomic E-state index is -1.09. The standard InChI is InChI=1S/C16H12FN3O3/c1-9-14(20-8-11(17)5-6-13(20)18-9)15(21)19-12-4-2-3-10(7-12)16(22)23/h2-8H,1H3,(H,19,21)(H,22,23). The van der Waals surface area contributed by atoms with E-state index in [-0.39, 0.29) is 11.3 Å². The van der Waals surface area contributed by atoms with Gasteiger partial charge in [-0.1, -0.05) is 6.07 Å². The number of aromatic carboxylic acids is 1. The lowest BCUT2D eigenvalue weighted by atomic mass is 10.2. The number of hydrogen-bond acceptors (Lipinski definition) is 3. The zero-order valence-corrected chi connectivity index (χ0v) is 12.1. The number of benzene rings is 1. The Labute approximate surface area is 130 Å². The average Bonchev–Trinajstić information content (AvgIpc) is 2.82. The number of carbonyl (C=O) groups is 2. The molecule has 0 saturated carbocycles. The van der Waals surface area contributed by atoms with Gasteiger partial charge < -0.3 is 10.4 Å². The second kappa shape index (κ2) is 5.53. The van der Waals surface area contributed by atoms with Crippen LogP contribution in [-0.4, -0.2) is 26.4 Å². The molecule has 0 aliphatic carbocycles. The highest BCUT2D eigenvalue weighted by Crippen LogP contribution is 2.16. The van der Waals surface area contributed by atoms with Crippen LogP contribution in [0.2, 0.25) is 0 Å². The van der Waals surface area contributed by atoms with E-state index in [1.54, 1.807) is 13.0 Å². The molecular weight excluding hydrogens is 301 g/mol. The SMILES string of the molecule is Cc1nc2ccc(F)cn2c1C(=O)Nc1cccc(C(=O)O)c1. The van der Waals surface area contributed by atoms with Crippen molar-refractivity contribution in [3.63, 3.8) is 0 Å². The minimum absolute atomic E-state index is 0.0590. The Hall–Kier alpha value is -3.22. The summed E-state index contributed by atoms with van der Waals surface area (Å²) in [4.78, 5) is 27.6. The molecule has 0 atom stereocenters. The monoisotopic (exact) mass is 313 g/mol. The number of aryl methyl sites for hydroxylation is 1. The number of carbonyl (C=O) groups excluding carboxylic acids is 1. The third-order valence-corrected chi connectivity index (χ3v) is 3.34. The van der Waals surface area contributed by atoms with Gasteiger partial charge in [-0.2, -0.15) is 0 Å². The number of rotatable bonds is 3. The molecule has 2 N–H and O–H groups in total. The van der Waals surface area contributed by atoms with E-state index in [1.165, 1.54) is 40.9 Å². The number of fused-ring (bicyclic) bond motifs is 1. The Morgan fingerprint density at radius 1 is 1.26 bits per heavy atom. The lowest BCUT2D eigenvalue weighted by Crippen LogP contribution is -2.16. The summed E-state index contributed by atoms with van der Waals surface area (Å²) in [6, 6.07) is 8.61. The van der Waals surface area contributed by atoms with Crippen molar-refractivity contribution in [2.75, 3.05) is 5.32 Å². The summed E-state index contributed by atoms with van der Waals surface area (Å²) < 4.78 is 14.8. The van der Waals surface area contributed by atoms with E-state index in [2.05, 4.69) is 10.3 Å². The molecule has 23 heavy (non-hydrogen) atoms. The fourth-order valence-electron chi connectivity index (χ4n) is 2.33. The largest absolute Gasteiger partial charge is 0.478 e. The highest BCUT2D eigenvalue weighted by atomic mass is 19.1. The van der Waals surface area contributed by atoms with Crippen LogP contribution in [0.1, 0.15) is 26.5 Å². The van der Waals surface area contributed by atoms with E-state index in [4.69, 9.17) is 5.11 Å². The van der Waals surface area contributed by atoms with Crippen molar-refractivity contribution < 1.29 is 19.1 Å². The molecule has 3 rings (SSSR count). The van der Waals surface area contributed by atoms with E-state index in [0.29, 0.717) is 17.0 Å². The van der Waals surface area contributed by atoms with Gasteiger partial charge in [0.05, 0.1) is 11.3 Å². The van der Waals surface area contributed by atoms with Crippen molar-refractivity contribution in [2.45, 2.75) is 6.92 Å². The maximum absolute atomic E-state index is 13.4. The van der Waals surface area contributed by atoms with Gasteiger partial charge in [0.1, 0.15) is 17.2 Å². The number of nitrogens with zero attached hydrogens (tertiary/aromatic N) is 2. The summed E-state index contributed by atoms with van der Waals surface area (Å²) in [5, 5.41) is 11.6. The first kappa shape index (κ1) is 14.7. The number of nitrogens with one attached hydrogen (secondary N) is 1. The van der Waals surface area contributed by atoms with Crippen LogP contribution in [0.25, 0.3) is 5.65 Å². The first-order chi connectivity index (χ1) is 11.0. The summed E-state index contributed by atoms with van der Waals surface area (Å²) in [5.74, 6) is -2.07. The molecule has 7 heteroatoms. The molecule has 6 nitrogen and oxygen atoms in total.